The molecule has 0 aromatic carbocycles. The van der Waals surface area contributed by atoms with Gasteiger partial charge in [0.1, 0.15) is 11.0 Å². The maximum Gasteiger partial charge on any atom is 0.360 e. The Bertz CT molecular complexity index is 637. The van der Waals surface area contributed by atoms with Gasteiger partial charge < -0.3 is 19.9 Å². The van der Waals surface area contributed by atoms with E-state index >= 15 is 0 Å². The van der Waals surface area contributed by atoms with Gasteiger partial charge in [0, 0.05) is 5.25 Å². The van der Waals surface area contributed by atoms with Crippen molar-refractivity contribution in [3.8, 4) is 11.5 Å². The molecule has 20 heavy (non-hydrogen) atoms. The third-order valence-electron chi connectivity index (χ3n) is 2.13. The number of thioether (sulfide) groups is 1. The molecule has 0 aliphatic rings. The van der Waals surface area contributed by atoms with Crippen LogP contribution < -0.4 is 11.0 Å². The number of nitrogen functional groups attached to an aromatic ring is 1. The molecule has 0 saturated carbocycles. The maximum atomic E-state index is 11.4. The van der Waals surface area contributed by atoms with Crippen LogP contribution in [0.5, 0.6) is 0 Å². The highest BCUT2D eigenvalue weighted by Crippen LogP contribution is 2.43. The molecule has 2 rings (SSSR count). The summed E-state index contributed by atoms with van der Waals surface area (Å²) >= 11 is 2.80. The molecule has 0 fully saturated rings. The Kier molecular flexibility index (Phi) is 5.89. The van der Waals surface area contributed by atoms with Gasteiger partial charge in [0.25, 0.3) is 0 Å². The first-order valence-corrected chi connectivity index (χ1v) is 8.67. The van der Waals surface area contributed by atoms with E-state index in [9.17, 15) is 14.4 Å². The first kappa shape index (κ1) is 17.7. The molecule has 0 aliphatic carbocycles. The Balaban J connectivity index is 0.00000200. The van der Waals surface area contributed by atoms with Gasteiger partial charge in [-0.15, -0.1) is 28.7 Å². The van der Waals surface area contributed by atoms with Gasteiger partial charge in [-0.25, -0.2) is 4.98 Å². The molecule has 0 saturated heterocycles. The summed E-state index contributed by atoms with van der Waals surface area (Å²) in [5.41, 5.74) is 6.07. The molecule has 2 aromatic rings. The van der Waals surface area contributed by atoms with Crippen LogP contribution in [0.2, 0.25) is 0 Å². The lowest BCUT2D eigenvalue weighted by Gasteiger charge is -2.05. The van der Waals surface area contributed by atoms with E-state index in [1.54, 1.807) is 0 Å². The molecular weight excluding hydrogens is 387 g/mol. The summed E-state index contributed by atoms with van der Waals surface area (Å²) < 4.78 is 17.4. The summed E-state index contributed by atoms with van der Waals surface area (Å²) in [6.07, 6.45) is 1.24. The predicted octanol–water partition coefficient (Wildman–Crippen LogP) is 2.87. The van der Waals surface area contributed by atoms with Crippen molar-refractivity contribution >= 4 is 58.1 Å². The fourth-order valence-corrected chi connectivity index (χ4v) is 4.41. The molecule has 0 aliphatic heterocycles. The van der Waals surface area contributed by atoms with E-state index in [1.807, 2.05) is 13.8 Å². The SMILES string of the molecule is Br.CC(C)Sc1sc(N)nc1-c1occc1P(=O)(O)O. The Labute approximate surface area is 134 Å². The number of hydrogen-bond acceptors (Lipinski definition) is 6. The second-order valence-corrected chi connectivity index (χ2v) is 8.48. The lowest BCUT2D eigenvalue weighted by molar-refractivity contribution is 0.387. The number of nitrogens with zero attached hydrogens (tertiary/aromatic N) is 1. The second kappa shape index (κ2) is 6.64. The third-order valence-corrected chi connectivity index (χ3v) is 5.21. The van der Waals surface area contributed by atoms with Crippen molar-refractivity contribution in [2.24, 2.45) is 0 Å². The molecule has 0 atom stereocenters. The number of halogens is 1. The number of thiazole rings is 1. The molecule has 4 N–H and O–H groups in total. The van der Waals surface area contributed by atoms with Gasteiger partial charge in [-0.05, 0) is 6.07 Å². The summed E-state index contributed by atoms with van der Waals surface area (Å²) in [7, 11) is -4.40. The van der Waals surface area contributed by atoms with Crippen LogP contribution in [0.1, 0.15) is 13.8 Å². The Morgan fingerprint density at radius 2 is 2.15 bits per heavy atom. The number of rotatable bonds is 4. The number of nitrogens with two attached hydrogens (primary N) is 1. The topological polar surface area (TPSA) is 110 Å². The molecular formula is C10H14BrN2O4PS2. The van der Waals surface area contributed by atoms with Gasteiger partial charge in [0.2, 0.25) is 0 Å². The van der Waals surface area contributed by atoms with Crippen molar-refractivity contribution in [2.75, 3.05) is 5.73 Å². The molecule has 0 spiro atoms. The van der Waals surface area contributed by atoms with Gasteiger partial charge >= 0.3 is 7.60 Å². The predicted molar refractivity (Wildman–Crippen MR) is 87.2 cm³/mol. The van der Waals surface area contributed by atoms with Crippen LogP contribution >= 0.6 is 47.7 Å². The van der Waals surface area contributed by atoms with E-state index in [4.69, 9.17) is 10.2 Å². The van der Waals surface area contributed by atoms with Crippen molar-refractivity contribution in [2.45, 2.75) is 23.3 Å². The lowest BCUT2D eigenvalue weighted by atomic mass is 10.4. The Morgan fingerprint density at radius 3 is 2.70 bits per heavy atom. The van der Waals surface area contributed by atoms with Crippen LogP contribution in [0.15, 0.2) is 21.0 Å². The zero-order valence-electron chi connectivity index (χ0n) is 10.6. The van der Waals surface area contributed by atoms with Crippen molar-refractivity contribution in [1.82, 2.24) is 4.98 Å². The summed E-state index contributed by atoms with van der Waals surface area (Å²) in [6, 6.07) is 1.26. The van der Waals surface area contributed by atoms with Gasteiger partial charge in [-0.2, -0.15) is 0 Å². The van der Waals surface area contributed by atoms with Crippen molar-refractivity contribution in [1.29, 1.82) is 0 Å². The quantitative estimate of drug-likeness (QED) is 0.534. The Hall–Kier alpha value is -0.310. The number of anilines is 1. The van der Waals surface area contributed by atoms with Crippen molar-refractivity contribution in [3.05, 3.63) is 12.3 Å². The summed E-state index contributed by atoms with van der Waals surface area (Å²) in [4.78, 5) is 22.7. The zero-order valence-corrected chi connectivity index (χ0v) is 14.9. The van der Waals surface area contributed by atoms with E-state index < -0.39 is 7.60 Å². The largest absolute Gasteiger partial charge is 0.462 e. The van der Waals surface area contributed by atoms with Gasteiger partial charge in [0.05, 0.1) is 10.5 Å². The second-order valence-electron chi connectivity index (χ2n) is 4.03. The molecule has 10 heteroatoms. The molecule has 6 nitrogen and oxygen atoms in total. The molecule has 0 amide bonds. The van der Waals surface area contributed by atoms with Crippen LogP contribution in [-0.2, 0) is 4.57 Å². The molecule has 0 radical (unpaired) electrons. The average Bonchev–Trinajstić information content (AvgIpc) is 2.82. The van der Waals surface area contributed by atoms with E-state index in [-0.39, 0.29) is 28.0 Å². The number of hydrogen-bond donors (Lipinski definition) is 3. The summed E-state index contributed by atoms with van der Waals surface area (Å²) in [5, 5.41) is 0.474. The van der Waals surface area contributed by atoms with Gasteiger partial charge in [-0.1, -0.05) is 25.2 Å². The minimum absolute atomic E-state index is 0. The van der Waals surface area contributed by atoms with E-state index in [1.165, 1.54) is 35.4 Å². The average molecular weight is 401 g/mol. The molecule has 2 aromatic heterocycles. The maximum absolute atomic E-state index is 11.4. The molecule has 0 bridgehead atoms. The fraction of sp³-hybridized carbons (Fsp3) is 0.300. The molecule has 112 valence electrons. The normalized spacial score (nSPS) is 11.7. The lowest BCUT2D eigenvalue weighted by Crippen LogP contribution is -2.04. The highest BCUT2D eigenvalue weighted by Gasteiger charge is 2.28. The first-order chi connectivity index (χ1) is 8.79. The highest BCUT2D eigenvalue weighted by molar-refractivity contribution is 8.93. The van der Waals surface area contributed by atoms with Crippen LogP contribution in [0, 0.1) is 0 Å². The van der Waals surface area contributed by atoms with Gasteiger partial charge in [-0.3, -0.25) is 4.57 Å². The monoisotopic (exact) mass is 400 g/mol. The highest BCUT2D eigenvalue weighted by atomic mass is 79.9. The van der Waals surface area contributed by atoms with Crippen LogP contribution in [0.3, 0.4) is 0 Å². The van der Waals surface area contributed by atoms with E-state index in [0.717, 1.165) is 4.21 Å². The van der Waals surface area contributed by atoms with Crippen LogP contribution in [0.25, 0.3) is 11.5 Å². The van der Waals surface area contributed by atoms with Crippen molar-refractivity contribution < 1.29 is 18.8 Å². The standard InChI is InChI=1S/C10H13N2O4PS2.BrH/c1-5(2)18-9-7(12-10(11)19-9)8-6(3-4-16-8)17(13,14)15;/h3-5H,1-2H3,(H2,11,12)(H2,13,14,15);1H. The smallest absolute Gasteiger partial charge is 0.360 e. The fourth-order valence-electron chi connectivity index (χ4n) is 1.47. The van der Waals surface area contributed by atoms with E-state index in [2.05, 4.69) is 4.98 Å². The number of aromatic nitrogens is 1. The van der Waals surface area contributed by atoms with E-state index in [0.29, 0.717) is 16.1 Å². The van der Waals surface area contributed by atoms with Crippen LogP contribution in [-0.4, -0.2) is 20.0 Å². The third kappa shape index (κ3) is 3.87. The van der Waals surface area contributed by atoms with Crippen molar-refractivity contribution in [3.63, 3.8) is 0 Å². The Morgan fingerprint density at radius 1 is 1.50 bits per heavy atom. The minimum atomic E-state index is -4.40. The number of furan rings is 1. The summed E-state index contributed by atoms with van der Waals surface area (Å²) in [5.74, 6) is 0.0874. The van der Waals surface area contributed by atoms with Crippen LogP contribution in [0.4, 0.5) is 5.13 Å². The molecule has 2 heterocycles. The van der Waals surface area contributed by atoms with Gasteiger partial charge in [0.15, 0.2) is 10.9 Å². The minimum Gasteiger partial charge on any atom is -0.462 e. The first-order valence-electron chi connectivity index (χ1n) is 5.36. The zero-order chi connectivity index (χ0) is 14.2. The molecule has 0 unspecified atom stereocenters. The summed E-state index contributed by atoms with van der Waals surface area (Å²) in [6.45, 7) is 4.02.